The molecule has 1 aromatic rings. The van der Waals surface area contributed by atoms with E-state index in [-0.39, 0.29) is 11.8 Å². The minimum Gasteiger partial charge on any atom is -0.506 e. The van der Waals surface area contributed by atoms with Crippen molar-refractivity contribution in [2.75, 3.05) is 0 Å². The number of halogens is 2. The summed E-state index contributed by atoms with van der Waals surface area (Å²) in [6.45, 7) is 2.47. The van der Waals surface area contributed by atoms with Crippen LogP contribution in [-0.2, 0) is 6.54 Å². The third-order valence-corrected chi connectivity index (χ3v) is 3.21. The fraction of sp³-hybridized carbons (Fsp3) is 0.364. The molecule has 0 saturated heterocycles. The molecule has 0 fully saturated rings. The molecule has 1 aromatic carbocycles. The van der Waals surface area contributed by atoms with Gasteiger partial charge in [0.25, 0.3) is 0 Å². The molecule has 0 aliphatic heterocycles. The number of nitriles is 1. The fourth-order valence-electron chi connectivity index (χ4n) is 1.25. The summed E-state index contributed by atoms with van der Waals surface area (Å²) in [5, 5.41) is 21.5. The molecule has 0 saturated carbocycles. The number of hydrogen-bond donors (Lipinski definition) is 2. The van der Waals surface area contributed by atoms with E-state index < -0.39 is 0 Å². The molecule has 0 aromatic heterocycles. The van der Waals surface area contributed by atoms with Crippen LogP contribution in [0.3, 0.4) is 0 Å². The van der Waals surface area contributed by atoms with Crippen LogP contribution in [-0.4, -0.2) is 11.1 Å². The van der Waals surface area contributed by atoms with E-state index in [1.165, 1.54) is 0 Å². The Balaban J connectivity index is 2.71. The van der Waals surface area contributed by atoms with Gasteiger partial charge in [-0.2, -0.15) is 5.26 Å². The molecular formula is C11H12Br2N2O. The predicted molar refractivity (Wildman–Crippen MR) is 70.0 cm³/mol. The van der Waals surface area contributed by atoms with E-state index >= 15 is 0 Å². The highest BCUT2D eigenvalue weighted by molar-refractivity contribution is 9.11. The van der Waals surface area contributed by atoms with E-state index in [0.717, 1.165) is 10.0 Å². The number of rotatable bonds is 4. The van der Waals surface area contributed by atoms with Crippen molar-refractivity contribution < 1.29 is 5.11 Å². The Labute approximate surface area is 112 Å². The first-order chi connectivity index (χ1) is 7.54. The monoisotopic (exact) mass is 346 g/mol. The van der Waals surface area contributed by atoms with Gasteiger partial charge >= 0.3 is 0 Å². The van der Waals surface area contributed by atoms with Crippen molar-refractivity contribution in [3.8, 4) is 11.8 Å². The van der Waals surface area contributed by atoms with Crippen LogP contribution >= 0.6 is 31.9 Å². The molecule has 0 aliphatic rings. The van der Waals surface area contributed by atoms with Crippen LogP contribution in [0.15, 0.2) is 21.1 Å². The van der Waals surface area contributed by atoms with Crippen molar-refractivity contribution in [1.29, 1.82) is 5.26 Å². The standard InChI is InChI=1S/C11H12Br2N2O/c1-7(2-3-14)15-6-8-4-9(12)5-10(13)11(8)16/h4-5,7,15-16H,2,6H2,1H3. The Hall–Kier alpha value is -0.570. The average Bonchev–Trinajstić information content (AvgIpc) is 2.21. The molecule has 0 bridgehead atoms. The maximum absolute atomic E-state index is 9.79. The van der Waals surface area contributed by atoms with Crippen molar-refractivity contribution in [3.05, 3.63) is 26.6 Å². The minimum atomic E-state index is 0.113. The molecule has 1 atom stereocenters. The van der Waals surface area contributed by atoms with Gasteiger partial charge in [-0.15, -0.1) is 0 Å². The predicted octanol–water partition coefficient (Wildman–Crippen LogP) is 3.31. The van der Waals surface area contributed by atoms with E-state index in [0.29, 0.717) is 17.4 Å². The van der Waals surface area contributed by atoms with E-state index in [4.69, 9.17) is 5.26 Å². The molecule has 0 spiro atoms. The topological polar surface area (TPSA) is 56.0 Å². The summed E-state index contributed by atoms with van der Waals surface area (Å²) in [5.41, 5.74) is 0.797. The Morgan fingerprint density at radius 3 is 2.81 bits per heavy atom. The summed E-state index contributed by atoms with van der Waals surface area (Å²) >= 11 is 6.64. The number of aromatic hydroxyl groups is 1. The van der Waals surface area contributed by atoms with Crippen molar-refractivity contribution in [1.82, 2.24) is 5.32 Å². The molecule has 0 heterocycles. The molecular weight excluding hydrogens is 336 g/mol. The second-order valence-corrected chi connectivity index (χ2v) is 5.31. The molecule has 1 rings (SSSR count). The SMILES string of the molecule is CC(CC#N)NCc1cc(Br)cc(Br)c1O. The quantitative estimate of drug-likeness (QED) is 0.878. The molecule has 0 amide bonds. The Kier molecular flexibility index (Phi) is 5.26. The van der Waals surface area contributed by atoms with Crippen molar-refractivity contribution in [3.63, 3.8) is 0 Å². The molecule has 16 heavy (non-hydrogen) atoms. The Morgan fingerprint density at radius 2 is 2.19 bits per heavy atom. The lowest BCUT2D eigenvalue weighted by Crippen LogP contribution is -2.24. The van der Waals surface area contributed by atoms with Gasteiger partial charge in [-0.3, -0.25) is 0 Å². The molecule has 1 unspecified atom stereocenters. The third-order valence-electron chi connectivity index (χ3n) is 2.15. The average molecular weight is 348 g/mol. The lowest BCUT2D eigenvalue weighted by Gasteiger charge is -2.12. The van der Waals surface area contributed by atoms with Gasteiger partial charge in [-0.05, 0) is 35.0 Å². The minimum absolute atomic E-state index is 0.113. The molecule has 3 nitrogen and oxygen atoms in total. The van der Waals surface area contributed by atoms with Crippen LogP contribution < -0.4 is 5.32 Å². The molecule has 2 N–H and O–H groups in total. The van der Waals surface area contributed by atoms with Gasteiger partial charge in [-0.25, -0.2) is 0 Å². The lowest BCUT2D eigenvalue weighted by molar-refractivity contribution is 0.456. The highest BCUT2D eigenvalue weighted by atomic mass is 79.9. The van der Waals surface area contributed by atoms with E-state index in [9.17, 15) is 5.11 Å². The first-order valence-corrected chi connectivity index (χ1v) is 6.40. The number of nitrogens with zero attached hydrogens (tertiary/aromatic N) is 1. The molecule has 0 radical (unpaired) electrons. The van der Waals surface area contributed by atoms with Crippen LogP contribution in [0.1, 0.15) is 18.9 Å². The molecule has 86 valence electrons. The van der Waals surface area contributed by atoms with Gasteiger partial charge in [0, 0.05) is 22.6 Å². The fourth-order valence-corrected chi connectivity index (χ4v) is 2.56. The molecule has 5 heteroatoms. The van der Waals surface area contributed by atoms with Crippen molar-refractivity contribution in [2.45, 2.75) is 25.9 Å². The summed E-state index contributed by atoms with van der Waals surface area (Å²) in [6.07, 6.45) is 0.454. The largest absolute Gasteiger partial charge is 0.506 e. The van der Waals surface area contributed by atoms with Crippen LogP contribution in [0.25, 0.3) is 0 Å². The van der Waals surface area contributed by atoms with Gasteiger partial charge in [0.1, 0.15) is 5.75 Å². The first-order valence-electron chi connectivity index (χ1n) is 4.81. The zero-order valence-corrected chi connectivity index (χ0v) is 12.0. The Morgan fingerprint density at radius 1 is 1.50 bits per heavy atom. The van der Waals surface area contributed by atoms with E-state index in [1.54, 1.807) is 6.07 Å². The summed E-state index contributed by atoms with van der Waals surface area (Å²) in [6, 6.07) is 5.85. The number of nitrogens with one attached hydrogen (secondary N) is 1. The zero-order chi connectivity index (χ0) is 12.1. The van der Waals surface area contributed by atoms with Crippen molar-refractivity contribution >= 4 is 31.9 Å². The maximum atomic E-state index is 9.79. The summed E-state index contributed by atoms with van der Waals surface area (Å²) < 4.78 is 1.56. The van der Waals surface area contributed by atoms with E-state index in [1.807, 2.05) is 13.0 Å². The van der Waals surface area contributed by atoms with Crippen LogP contribution in [0, 0.1) is 11.3 Å². The smallest absolute Gasteiger partial charge is 0.134 e. The van der Waals surface area contributed by atoms with Gasteiger partial charge in [0.05, 0.1) is 17.0 Å². The van der Waals surface area contributed by atoms with E-state index in [2.05, 4.69) is 43.2 Å². The number of phenolic OH excluding ortho intramolecular Hbond substituents is 1. The Bertz CT molecular complexity index is 415. The molecule has 0 aliphatic carbocycles. The summed E-state index contributed by atoms with van der Waals surface area (Å²) in [5.74, 6) is 0.236. The number of benzene rings is 1. The van der Waals surface area contributed by atoms with Gasteiger partial charge < -0.3 is 10.4 Å². The first kappa shape index (κ1) is 13.5. The normalized spacial score (nSPS) is 12.1. The third kappa shape index (κ3) is 3.78. The highest BCUT2D eigenvalue weighted by Gasteiger charge is 2.08. The second kappa shape index (κ2) is 6.24. The number of phenols is 1. The maximum Gasteiger partial charge on any atom is 0.134 e. The highest BCUT2D eigenvalue weighted by Crippen LogP contribution is 2.31. The van der Waals surface area contributed by atoms with Crippen LogP contribution in [0.4, 0.5) is 0 Å². The van der Waals surface area contributed by atoms with Crippen molar-refractivity contribution in [2.24, 2.45) is 0 Å². The number of hydrogen-bond acceptors (Lipinski definition) is 3. The van der Waals surface area contributed by atoms with Gasteiger partial charge in [0.2, 0.25) is 0 Å². The van der Waals surface area contributed by atoms with Gasteiger partial charge in [0.15, 0.2) is 0 Å². The van der Waals surface area contributed by atoms with Crippen LogP contribution in [0.2, 0.25) is 0 Å². The van der Waals surface area contributed by atoms with Gasteiger partial charge in [-0.1, -0.05) is 15.9 Å². The lowest BCUT2D eigenvalue weighted by atomic mass is 10.2. The zero-order valence-electron chi connectivity index (χ0n) is 8.80. The summed E-state index contributed by atoms with van der Waals surface area (Å²) in [7, 11) is 0. The van der Waals surface area contributed by atoms with Crippen LogP contribution in [0.5, 0.6) is 5.75 Å². The summed E-state index contributed by atoms with van der Waals surface area (Å²) in [4.78, 5) is 0. The second-order valence-electron chi connectivity index (χ2n) is 3.54.